The molecule has 0 aliphatic carbocycles. The first kappa shape index (κ1) is 14.7. The Hall–Kier alpha value is -1.40. The molecular formula is C12H18N2O3S. The van der Waals surface area contributed by atoms with Crippen LogP contribution >= 0.6 is 0 Å². The molecule has 0 saturated heterocycles. The Bertz CT molecular complexity index is 545. The molecule has 0 unspecified atom stereocenters. The van der Waals surface area contributed by atoms with E-state index >= 15 is 0 Å². The minimum Gasteiger partial charge on any atom is -0.350 e. The van der Waals surface area contributed by atoms with Crippen molar-refractivity contribution in [1.29, 1.82) is 0 Å². The van der Waals surface area contributed by atoms with E-state index in [-0.39, 0.29) is 17.0 Å². The average Bonchev–Trinajstić information content (AvgIpc) is 2.24. The number of sulfone groups is 1. The van der Waals surface area contributed by atoms with Crippen molar-refractivity contribution in [3.05, 3.63) is 29.8 Å². The zero-order chi connectivity index (χ0) is 14.0. The van der Waals surface area contributed by atoms with Crippen molar-refractivity contribution >= 4 is 15.7 Å². The van der Waals surface area contributed by atoms with E-state index in [1.165, 1.54) is 12.1 Å². The fourth-order valence-corrected chi connectivity index (χ4v) is 2.27. The van der Waals surface area contributed by atoms with Gasteiger partial charge in [-0.2, -0.15) is 0 Å². The van der Waals surface area contributed by atoms with Crippen LogP contribution in [0.2, 0.25) is 0 Å². The summed E-state index contributed by atoms with van der Waals surface area (Å²) in [4.78, 5) is 12.0. The lowest BCUT2D eigenvalue weighted by molar-refractivity contribution is 0.0943. The summed E-state index contributed by atoms with van der Waals surface area (Å²) in [6.07, 6.45) is 1.08. The van der Waals surface area contributed by atoms with Crippen molar-refractivity contribution in [3.63, 3.8) is 0 Å². The van der Waals surface area contributed by atoms with Gasteiger partial charge in [-0.05, 0) is 26.0 Å². The quantitative estimate of drug-likeness (QED) is 0.836. The van der Waals surface area contributed by atoms with E-state index < -0.39 is 21.3 Å². The number of amides is 1. The predicted molar refractivity (Wildman–Crippen MR) is 70.2 cm³/mol. The second-order valence-corrected chi connectivity index (χ2v) is 6.92. The van der Waals surface area contributed by atoms with Gasteiger partial charge in [0.1, 0.15) is 0 Å². The number of nitrogens with one attached hydrogen (secondary N) is 1. The smallest absolute Gasteiger partial charge is 0.252 e. The Morgan fingerprint density at radius 1 is 1.33 bits per heavy atom. The molecule has 0 radical (unpaired) electrons. The monoisotopic (exact) mass is 270 g/mol. The van der Waals surface area contributed by atoms with Crippen LogP contribution in [0.25, 0.3) is 0 Å². The summed E-state index contributed by atoms with van der Waals surface area (Å²) in [5, 5.41) is 2.62. The highest BCUT2D eigenvalue weighted by atomic mass is 32.2. The molecule has 0 spiro atoms. The van der Waals surface area contributed by atoms with E-state index in [0.29, 0.717) is 0 Å². The molecule has 0 heterocycles. The van der Waals surface area contributed by atoms with E-state index in [4.69, 9.17) is 5.73 Å². The van der Waals surface area contributed by atoms with Crippen LogP contribution in [0.5, 0.6) is 0 Å². The minimum absolute atomic E-state index is 0.0253. The molecule has 0 aliphatic heterocycles. The zero-order valence-corrected chi connectivity index (χ0v) is 11.5. The molecule has 1 rings (SSSR count). The predicted octanol–water partition coefficient (Wildman–Crippen LogP) is 0.557. The van der Waals surface area contributed by atoms with Crippen LogP contribution in [0.1, 0.15) is 24.2 Å². The standard InChI is InChI=1S/C12H18N2O3S/c1-12(2,13)8-14-11(15)9-6-4-5-7-10(9)18(3,16)17/h4-7H,8,13H2,1-3H3,(H,14,15). The summed E-state index contributed by atoms with van der Waals surface area (Å²) < 4.78 is 23.1. The second kappa shape index (κ2) is 5.07. The van der Waals surface area contributed by atoms with Crippen molar-refractivity contribution < 1.29 is 13.2 Å². The molecule has 6 heteroatoms. The van der Waals surface area contributed by atoms with E-state index in [0.717, 1.165) is 6.26 Å². The Balaban J connectivity index is 3.01. The molecule has 1 amide bonds. The Morgan fingerprint density at radius 2 is 1.89 bits per heavy atom. The number of rotatable bonds is 4. The van der Waals surface area contributed by atoms with Gasteiger partial charge in [0.25, 0.3) is 5.91 Å². The highest BCUT2D eigenvalue weighted by Crippen LogP contribution is 2.15. The SMILES string of the molecule is CC(C)(N)CNC(=O)c1ccccc1S(C)(=O)=O. The highest BCUT2D eigenvalue weighted by Gasteiger charge is 2.19. The molecule has 0 aromatic heterocycles. The summed E-state index contributed by atoms with van der Waals surface area (Å²) in [5.74, 6) is -0.436. The van der Waals surface area contributed by atoms with Crippen LogP contribution in [-0.2, 0) is 9.84 Å². The first-order valence-electron chi connectivity index (χ1n) is 5.47. The summed E-state index contributed by atoms with van der Waals surface area (Å²) in [7, 11) is -3.42. The lowest BCUT2D eigenvalue weighted by atomic mass is 10.1. The van der Waals surface area contributed by atoms with Crippen LogP contribution in [0.15, 0.2) is 29.2 Å². The van der Waals surface area contributed by atoms with Crippen molar-refractivity contribution in [2.45, 2.75) is 24.3 Å². The summed E-state index contributed by atoms with van der Waals surface area (Å²) in [6.45, 7) is 3.81. The third-order valence-corrected chi connectivity index (χ3v) is 3.39. The molecule has 1 aromatic rings. The van der Waals surface area contributed by atoms with Gasteiger partial charge in [-0.15, -0.1) is 0 Å². The number of nitrogens with two attached hydrogens (primary N) is 1. The van der Waals surface area contributed by atoms with Crippen LogP contribution in [0.3, 0.4) is 0 Å². The van der Waals surface area contributed by atoms with Crippen LogP contribution in [0, 0.1) is 0 Å². The third-order valence-electron chi connectivity index (χ3n) is 2.24. The Kier molecular flexibility index (Phi) is 4.13. The molecule has 18 heavy (non-hydrogen) atoms. The molecule has 5 nitrogen and oxygen atoms in total. The number of carbonyl (C=O) groups excluding carboxylic acids is 1. The first-order valence-corrected chi connectivity index (χ1v) is 7.36. The number of benzene rings is 1. The van der Waals surface area contributed by atoms with Gasteiger partial charge in [-0.3, -0.25) is 4.79 Å². The van der Waals surface area contributed by atoms with E-state index in [1.54, 1.807) is 26.0 Å². The largest absolute Gasteiger partial charge is 0.350 e. The molecule has 0 bridgehead atoms. The maximum Gasteiger partial charge on any atom is 0.252 e. The molecule has 3 N–H and O–H groups in total. The normalized spacial score (nSPS) is 12.2. The van der Waals surface area contributed by atoms with Gasteiger partial charge >= 0.3 is 0 Å². The molecule has 0 saturated carbocycles. The summed E-state index contributed by atoms with van der Waals surface area (Å²) in [6, 6.07) is 6.10. The van der Waals surface area contributed by atoms with Gasteiger partial charge in [-0.1, -0.05) is 12.1 Å². The minimum atomic E-state index is -3.42. The highest BCUT2D eigenvalue weighted by molar-refractivity contribution is 7.90. The first-order chi connectivity index (χ1) is 8.11. The van der Waals surface area contributed by atoms with Gasteiger partial charge in [0.2, 0.25) is 0 Å². The molecule has 0 aliphatic rings. The number of hydrogen-bond acceptors (Lipinski definition) is 4. The van der Waals surface area contributed by atoms with Crippen LogP contribution < -0.4 is 11.1 Å². The van der Waals surface area contributed by atoms with E-state index in [2.05, 4.69) is 5.32 Å². The maximum atomic E-state index is 11.9. The summed E-state index contributed by atoms with van der Waals surface area (Å²) >= 11 is 0. The average molecular weight is 270 g/mol. The van der Waals surface area contributed by atoms with Gasteiger partial charge in [0.05, 0.1) is 10.5 Å². The van der Waals surface area contributed by atoms with Gasteiger partial charge in [-0.25, -0.2) is 8.42 Å². The van der Waals surface area contributed by atoms with E-state index in [1.807, 2.05) is 0 Å². The molecule has 0 atom stereocenters. The van der Waals surface area contributed by atoms with Gasteiger partial charge in [0, 0.05) is 18.3 Å². The molecule has 0 fully saturated rings. The van der Waals surface area contributed by atoms with Crippen molar-refractivity contribution in [2.24, 2.45) is 5.73 Å². The van der Waals surface area contributed by atoms with Crippen molar-refractivity contribution in [2.75, 3.05) is 12.8 Å². The molecule has 100 valence electrons. The van der Waals surface area contributed by atoms with Gasteiger partial charge < -0.3 is 11.1 Å². The van der Waals surface area contributed by atoms with E-state index in [9.17, 15) is 13.2 Å². The fourth-order valence-electron chi connectivity index (χ4n) is 1.38. The third kappa shape index (κ3) is 4.12. The van der Waals surface area contributed by atoms with Crippen LogP contribution in [-0.4, -0.2) is 32.7 Å². The van der Waals surface area contributed by atoms with Crippen molar-refractivity contribution in [1.82, 2.24) is 5.32 Å². The van der Waals surface area contributed by atoms with Gasteiger partial charge in [0.15, 0.2) is 9.84 Å². The molecular weight excluding hydrogens is 252 g/mol. The maximum absolute atomic E-state index is 11.9. The Labute approximate surface area is 107 Å². The second-order valence-electron chi connectivity index (χ2n) is 4.94. The zero-order valence-electron chi connectivity index (χ0n) is 10.7. The number of hydrogen-bond donors (Lipinski definition) is 2. The molecule has 1 aromatic carbocycles. The fraction of sp³-hybridized carbons (Fsp3) is 0.417. The lowest BCUT2D eigenvalue weighted by Gasteiger charge is -2.19. The summed E-state index contributed by atoms with van der Waals surface area (Å²) in [5.41, 5.74) is 5.35. The lowest BCUT2D eigenvalue weighted by Crippen LogP contribution is -2.45. The van der Waals surface area contributed by atoms with Crippen LogP contribution in [0.4, 0.5) is 0 Å². The topological polar surface area (TPSA) is 89.3 Å². The number of carbonyl (C=O) groups is 1. The Morgan fingerprint density at radius 3 is 2.39 bits per heavy atom. The van der Waals surface area contributed by atoms with Crippen molar-refractivity contribution in [3.8, 4) is 0 Å².